The lowest BCUT2D eigenvalue weighted by Gasteiger charge is -2.10. The minimum atomic E-state index is -0.465. The number of hydrogen-bond donors (Lipinski definition) is 1. The maximum absolute atomic E-state index is 11.5. The number of anilines is 1. The molecule has 4 nitrogen and oxygen atoms in total. The van der Waals surface area contributed by atoms with E-state index in [1.54, 1.807) is 6.07 Å². The van der Waals surface area contributed by atoms with E-state index in [1.165, 1.54) is 13.4 Å². The van der Waals surface area contributed by atoms with Gasteiger partial charge < -0.3 is 14.5 Å². The lowest BCUT2D eigenvalue weighted by atomic mass is 10.2. The molecule has 0 spiro atoms. The van der Waals surface area contributed by atoms with Crippen LogP contribution in [-0.2, 0) is 11.3 Å². The number of rotatable bonds is 4. The lowest BCUT2D eigenvalue weighted by molar-refractivity contribution is 0.0563. The number of methoxy groups -OCH3 is 1. The van der Waals surface area contributed by atoms with Crippen molar-refractivity contribution in [1.82, 2.24) is 0 Å². The molecule has 0 bridgehead atoms. The van der Waals surface area contributed by atoms with Crippen molar-refractivity contribution in [1.29, 1.82) is 0 Å². The van der Waals surface area contributed by atoms with Gasteiger partial charge in [0.25, 0.3) is 0 Å². The highest BCUT2D eigenvalue weighted by Crippen LogP contribution is 2.24. The van der Waals surface area contributed by atoms with E-state index in [0.29, 0.717) is 6.54 Å². The van der Waals surface area contributed by atoms with Gasteiger partial charge >= 0.3 is 5.97 Å². The van der Waals surface area contributed by atoms with Crippen molar-refractivity contribution >= 4 is 27.6 Å². The minimum Gasteiger partial charge on any atom is -0.463 e. The zero-order chi connectivity index (χ0) is 13.8. The predicted molar refractivity (Wildman–Crippen MR) is 76.3 cm³/mol. The van der Waals surface area contributed by atoms with E-state index < -0.39 is 5.97 Å². The van der Waals surface area contributed by atoms with Crippen molar-refractivity contribution in [3.8, 4) is 0 Å². The standard InChI is InChI=1S/C14H14BrNO3/c1-9-11(15)4-3-5-12(9)16-8-10-6-7-19-13(10)14(17)18-2/h3-7,16H,8H2,1-2H3. The number of nitrogens with one attached hydrogen (secondary N) is 1. The number of carbonyl (C=O) groups is 1. The van der Waals surface area contributed by atoms with E-state index in [-0.39, 0.29) is 5.76 Å². The van der Waals surface area contributed by atoms with Crippen LogP contribution in [0.25, 0.3) is 0 Å². The molecule has 5 heteroatoms. The van der Waals surface area contributed by atoms with E-state index in [2.05, 4.69) is 26.0 Å². The number of ether oxygens (including phenoxy) is 1. The molecule has 0 amide bonds. The monoisotopic (exact) mass is 323 g/mol. The van der Waals surface area contributed by atoms with Crippen LogP contribution < -0.4 is 5.32 Å². The average Bonchev–Trinajstić information content (AvgIpc) is 2.88. The summed E-state index contributed by atoms with van der Waals surface area (Å²) < 4.78 is 10.8. The maximum atomic E-state index is 11.5. The minimum absolute atomic E-state index is 0.239. The summed E-state index contributed by atoms with van der Waals surface area (Å²) in [5.41, 5.74) is 2.89. The fraction of sp³-hybridized carbons (Fsp3) is 0.214. The summed E-state index contributed by atoms with van der Waals surface area (Å²) in [6.45, 7) is 2.52. The van der Waals surface area contributed by atoms with Crippen LogP contribution in [0.15, 0.2) is 39.4 Å². The molecule has 0 aliphatic rings. The second-order valence-corrected chi connectivity index (χ2v) is 4.89. The van der Waals surface area contributed by atoms with Crippen molar-refractivity contribution < 1.29 is 13.9 Å². The van der Waals surface area contributed by atoms with Crippen molar-refractivity contribution in [3.05, 3.63) is 51.9 Å². The van der Waals surface area contributed by atoms with Crippen molar-refractivity contribution in [2.24, 2.45) is 0 Å². The third kappa shape index (κ3) is 2.98. The van der Waals surface area contributed by atoms with Crippen LogP contribution in [0.3, 0.4) is 0 Å². The molecule has 1 N–H and O–H groups in total. The smallest absolute Gasteiger partial charge is 0.374 e. The fourth-order valence-corrected chi connectivity index (χ4v) is 2.10. The van der Waals surface area contributed by atoms with Gasteiger partial charge in [0.2, 0.25) is 5.76 Å². The number of esters is 1. The number of furan rings is 1. The second kappa shape index (κ2) is 5.93. The molecule has 0 fully saturated rings. The summed E-state index contributed by atoms with van der Waals surface area (Å²) in [5, 5.41) is 3.28. The van der Waals surface area contributed by atoms with Gasteiger partial charge in [-0.25, -0.2) is 4.79 Å². The SMILES string of the molecule is COC(=O)c1occc1CNc1cccc(Br)c1C. The Bertz CT molecular complexity index is 592. The first-order valence-electron chi connectivity index (χ1n) is 5.77. The highest BCUT2D eigenvalue weighted by Gasteiger charge is 2.15. The van der Waals surface area contributed by atoms with Crippen molar-refractivity contribution in [2.75, 3.05) is 12.4 Å². The number of benzene rings is 1. The van der Waals surface area contributed by atoms with Gasteiger partial charge in [-0.2, -0.15) is 0 Å². The van der Waals surface area contributed by atoms with Gasteiger partial charge in [0.15, 0.2) is 0 Å². The summed E-state index contributed by atoms with van der Waals surface area (Å²) in [5.74, 6) is -0.226. The normalized spacial score (nSPS) is 10.3. The Morgan fingerprint density at radius 1 is 1.42 bits per heavy atom. The Kier molecular flexibility index (Phi) is 4.27. The molecule has 1 heterocycles. The Morgan fingerprint density at radius 2 is 2.21 bits per heavy atom. The Labute approximate surface area is 119 Å². The highest BCUT2D eigenvalue weighted by molar-refractivity contribution is 9.10. The fourth-order valence-electron chi connectivity index (χ4n) is 1.74. The summed E-state index contributed by atoms with van der Waals surface area (Å²) in [4.78, 5) is 11.5. The van der Waals surface area contributed by atoms with Crippen molar-refractivity contribution in [3.63, 3.8) is 0 Å². The third-order valence-corrected chi connectivity index (χ3v) is 3.71. The molecule has 2 rings (SSSR count). The van der Waals surface area contributed by atoms with Gasteiger partial charge in [0.1, 0.15) is 0 Å². The Hall–Kier alpha value is -1.75. The molecule has 100 valence electrons. The van der Waals surface area contributed by atoms with Crippen LogP contribution in [0.4, 0.5) is 5.69 Å². The van der Waals surface area contributed by atoms with E-state index in [9.17, 15) is 4.79 Å². The molecule has 0 unspecified atom stereocenters. The maximum Gasteiger partial charge on any atom is 0.374 e. The van der Waals surface area contributed by atoms with Crippen molar-refractivity contribution in [2.45, 2.75) is 13.5 Å². The Morgan fingerprint density at radius 3 is 2.95 bits per heavy atom. The van der Waals surface area contributed by atoms with Crippen LogP contribution in [0.1, 0.15) is 21.7 Å². The van der Waals surface area contributed by atoms with Crippen LogP contribution in [0.5, 0.6) is 0 Å². The quantitative estimate of drug-likeness (QED) is 0.870. The first-order valence-corrected chi connectivity index (χ1v) is 6.56. The van der Waals surface area contributed by atoms with E-state index in [1.807, 2.05) is 25.1 Å². The molecule has 0 saturated carbocycles. The largest absolute Gasteiger partial charge is 0.463 e. The molecule has 0 aliphatic heterocycles. The first-order chi connectivity index (χ1) is 9.13. The topological polar surface area (TPSA) is 51.5 Å². The molecular formula is C14H14BrNO3. The average molecular weight is 324 g/mol. The summed E-state index contributed by atoms with van der Waals surface area (Å²) in [6, 6.07) is 7.68. The van der Waals surface area contributed by atoms with Gasteiger partial charge in [-0.05, 0) is 30.7 Å². The summed E-state index contributed by atoms with van der Waals surface area (Å²) in [6.07, 6.45) is 1.48. The van der Waals surface area contributed by atoms with Crippen LogP contribution in [0.2, 0.25) is 0 Å². The molecular weight excluding hydrogens is 310 g/mol. The zero-order valence-electron chi connectivity index (χ0n) is 10.7. The van der Waals surface area contributed by atoms with Gasteiger partial charge in [-0.1, -0.05) is 22.0 Å². The highest BCUT2D eigenvalue weighted by atomic mass is 79.9. The number of carbonyl (C=O) groups excluding carboxylic acids is 1. The van der Waals surface area contributed by atoms with E-state index in [4.69, 9.17) is 4.42 Å². The zero-order valence-corrected chi connectivity index (χ0v) is 12.3. The molecule has 0 saturated heterocycles. The number of halogens is 1. The summed E-state index contributed by atoms with van der Waals surface area (Å²) >= 11 is 3.48. The van der Waals surface area contributed by atoms with Crippen LogP contribution >= 0.6 is 15.9 Å². The van der Waals surface area contributed by atoms with E-state index in [0.717, 1.165) is 21.3 Å². The van der Waals surface area contributed by atoms with Crippen LogP contribution in [-0.4, -0.2) is 13.1 Å². The first kappa shape index (κ1) is 13.7. The van der Waals surface area contributed by atoms with Gasteiger partial charge in [0, 0.05) is 22.3 Å². The molecule has 0 aliphatic carbocycles. The molecule has 2 aromatic rings. The lowest BCUT2D eigenvalue weighted by Crippen LogP contribution is -2.07. The molecule has 1 aromatic heterocycles. The third-order valence-electron chi connectivity index (χ3n) is 2.85. The molecule has 0 atom stereocenters. The van der Waals surface area contributed by atoms with E-state index >= 15 is 0 Å². The number of hydrogen-bond acceptors (Lipinski definition) is 4. The van der Waals surface area contributed by atoms with Gasteiger partial charge in [0.05, 0.1) is 13.4 Å². The van der Waals surface area contributed by atoms with Crippen LogP contribution in [0, 0.1) is 6.92 Å². The molecule has 0 radical (unpaired) electrons. The second-order valence-electron chi connectivity index (χ2n) is 4.03. The molecule has 19 heavy (non-hydrogen) atoms. The van der Waals surface area contributed by atoms with Gasteiger partial charge in [-0.15, -0.1) is 0 Å². The Balaban J connectivity index is 2.13. The molecule has 1 aromatic carbocycles. The predicted octanol–water partition coefficient (Wildman–Crippen LogP) is 3.75. The van der Waals surface area contributed by atoms with Gasteiger partial charge in [-0.3, -0.25) is 0 Å². The summed E-state index contributed by atoms with van der Waals surface area (Å²) in [7, 11) is 1.33.